The van der Waals surface area contributed by atoms with Gasteiger partial charge in [0.1, 0.15) is 10.6 Å². The van der Waals surface area contributed by atoms with Gasteiger partial charge in [0.05, 0.1) is 47.7 Å². The van der Waals surface area contributed by atoms with E-state index in [1.54, 1.807) is 0 Å². The Bertz CT molecular complexity index is 2540. The molecule has 0 fully saturated rings. The molecule has 0 spiro atoms. The fraction of sp³-hybridized carbons (Fsp3) is 0.191. The molecule has 3 heterocycles. The number of aromatic nitrogens is 2. The minimum atomic E-state index is -2.13. The summed E-state index contributed by atoms with van der Waals surface area (Å²) in [4.78, 5) is 14.9. The lowest BCUT2D eigenvalue weighted by molar-refractivity contribution is 1.09. The molecule has 9 rings (SSSR count). The summed E-state index contributed by atoms with van der Waals surface area (Å²) in [5, 5.41) is 13.0. The zero-order valence-electron chi connectivity index (χ0n) is 31.5. The normalized spacial score (nSPS) is 17.5. The molecule has 0 N–H and O–H groups in total. The minimum absolute atomic E-state index is 0.363. The summed E-state index contributed by atoms with van der Waals surface area (Å²) < 4.78 is 0. The van der Waals surface area contributed by atoms with Crippen LogP contribution in [0.2, 0.25) is 0 Å². The second-order valence-electron chi connectivity index (χ2n) is 15.2. The highest BCUT2D eigenvalue weighted by molar-refractivity contribution is 7.90. The van der Waals surface area contributed by atoms with Crippen LogP contribution >= 0.6 is 15.2 Å². The van der Waals surface area contributed by atoms with Gasteiger partial charge in [-0.1, -0.05) is 74.5 Å². The van der Waals surface area contributed by atoms with Gasteiger partial charge in [-0.15, -0.1) is 0 Å². The van der Waals surface area contributed by atoms with Gasteiger partial charge in [-0.2, -0.15) is 0 Å². The van der Waals surface area contributed by atoms with Crippen LogP contribution in [0.25, 0.3) is 43.4 Å². The first-order valence-corrected chi connectivity index (χ1v) is 22.3. The Kier molecular flexibility index (Phi) is 8.26. The smallest absolute Gasteiger partial charge is 0.123 e. The van der Waals surface area contributed by atoms with Gasteiger partial charge in [-0.05, 0) is 110 Å². The van der Waals surface area contributed by atoms with Crippen molar-refractivity contribution in [3.8, 4) is 0 Å². The van der Waals surface area contributed by atoms with Crippen molar-refractivity contribution in [3.63, 3.8) is 0 Å². The van der Waals surface area contributed by atoms with Crippen molar-refractivity contribution in [2.75, 3.05) is 30.6 Å². The van der Waals surface area contributed by atoms with Gasteiger partial charge in [-0.3, -0.25) is 9.97 Å². The Hall–Kier alpha value is -4.88. The van der Waals surface area contributed by atoms with E-state index in [2.05, 4.69) is 180 Å². The second-order valence-corrected chi connectivity index (χ2v) is 22.1. The third-order valence-corrected chi connectivity index (χ3v) is 19.2. The van der Waals surface area contributed by atoms with Crippen LogP contribution in [0.15, 0.2) is 134 Å². The predicted molar refractivity (Wildman–Crippen MR) is 236 cm³/mol. The molecule has 53 heavy (non-hydrogen) atoms. The van der Waals surface area contributed by atoms with Gasteiger partial charge in [0.15, 0.2) is 0 Å². The monoisotopic (exact) mass is 727 g/mol. The molecule has 4 nitrogen and oxygen atoms in total. The van der Waals surface area contributed by atoms with Crippen LogP contribution in [0, 0.1) is 0 Å². The molecule has 0 aliphatic carbocycles. The van der Waals surface area contributed by atoms with Gasteiger partial charge < -0.3 is 9.80 Å². The van der Waals surface area contributed by atoms with E-state index in [-0.39, 0.29) is 0 Å². The molecule has 0 saturated heterocycles. The summed E-state index contributed by atoms with van der Waals surface area (Å²) in [7, 11) is 1.61. The fourth-order valence-electron chi connectivity index (χ4n) is 8.46. The maximum absolute atomic E-state index is 4.92. The van der Waals surface area contributed by atoms with Crippen molar-refractivity contribution in [3.05, 3.63) is 134 Å². The van der Waals surface area contributed by atoms with E-state index in [1.165, 1.54) is 76.3 Å². The molecule has 6 aromatic carbocycles. The molecule has 8 aromatic rings. The molecular weight excluding hydrogens is 682 g/mol. The number of fused-ring (bicyclic) bond motifs is 8. The van der Waals surface area contributed by atoms with Crippen LogP contribution in [-0.2, 0) is 0 Å². The molecule has 0 bridgehead atoms. The molecule has 2 unspecified atom stereocenters. The van der Waals surface area contributed by atoms with E-state index < -0.39 is 15.2 Å². The summed E-state index contributed by atoms with van der Waals surface area (Å²) in [6.07, 6.45) is 3.84. The Morgan fingerprint density at radius 2 is 0.887 bits per heavy atom. The average Bonchev–Trinajstić information content (AvgIpc) is 3.18. The zero-order chi connectivity index (χ0) is 36.6. The lowest BCUT2D eigenvalue weighted by atomic mass is 10.1. The van der Waals surface area contributed by atoms with E-state index in [0.717, 1.165) is 11.0 Å². The zero-order valence-corrected chi connectivity index (χ0v) is 33.3. The highest BCUT2D eigenvalue weighted by Gasteiger charge is 2.47. The maximum Gasteiger partial charge on any atom is 0.123 e. The molecule has 6 heteroatoms. The third-order valence-electron chi connectivity index (χ3n) is 11.6. The van der Waals surface area contributed by atoms with Crippen LogP contribution in [0.1, 0.15) is 27.7 Å². The summed E-state index contributed by atoms with van der Waals surface area (Å²) in [6, 6.07) is 45.9. The van der Waals surface area contributed by atoms with Gasteiger partial charge in [0, 0.05) is 53.6 Å². The number of pyridine rings is 2. The fourth-order valence-corrected chi connectivity index (χ4v) is 14.9. The molecule has 262 valence electrons. The lowest BCUT2D eigenvalue weighted by Crippen LogP contribution is -2.36. The molecule has 0 amide bonds. The maximum atomic E-state index is 4.92. The quantitative estimate of drug-likeness (QED) is 0.166. The van der Waals surface area contributed by atoms with E-state index in [0.29, 0.717) is 11.3 Å². The van der Waals surface area contributed by atoms with E-state index in [9.17, 15) is 0 Å². The molecule has 1 aliphatic heterocycles. The number of rotatable bonds is 2. The number of benzene rings is 6. The largest absolute Gasteiger partial charge is 0.341 e. The topological polar surface area (TPSA) is 32.3 Å². The molecule has 1 aliphatic rings. The number of anilines is 4. The number of hydrogen-bond donors (Lipinski definition) is 0. The first kappa shape index (κ1) is 33.9. The van der Waals surface area contributed by atoms with Crippen molar-refractivity contribution in [1.29, 1.82) is 0 Å². The van der Waals surface area contributed by atoms with Crippen molar-refractivity contribution < 1.29 is 0 Å². The Labute approximate surface area is 314 Å². The number of nitrogens with zero attached hydrogens (tertiary/aromatic N) is 4. The van der Waals surface area contributed by atoms with E-state index in [1.807, 2.05) is 12.4 Å². The highest BCUT2D eigenvalue weighted by Crippen LogP contribution is 2.62. The second kappa shape index (κ2) is 12.9. The standard InChI is InChI=1S/C47H45N4P2/c1-30(2)52-44-24-34-16-10-8-14-32(34)22-40(44)50(5)42-23-33-15-9-11-17-35(33)26-46(42)53(7,31(3)4)47-27-37-19-13-21-49-39(37)29-43(47)51(6)41-28-38-36(25-45(41)52)18-12-20-48-38/h8-31H,1-7H3/q+1. The van der Waals surface area contributed by atoms with Crippen molar-refractivity contribution in [2.24, 2.45) is 0 Å². The van der Waals surface area contributed by atoms with Crippen molar-refractivity contribution >= 4 is 103 Å². The Balaban J connectivity index is 1.50. The van der Waals surface area contributed by atoms with Gasteiger partial charge in [0.2, 0.25) is 0 Å². The first-order valence-electron chi connectivity index (χ1n) is 18.6. The lowest BCUT2D eigenvalue weighted by Gasteiger charge is -2.38. The summed E-state index contributed by atoms with van der Waals surface area (Å²) in [5.74, 6) is 0. The van der Waals surface area contributed by atoms with Crippen LogP contribution < -0.4 is 31.0 Å². The average molecular weight is 728 g/mol. The Morgan fingerprint density at radius 3 is 1.43 bits per heavy atom. The Morgan fingerprint density at radius 1 is 0.491 bits per heavy atom. The molecule has 2 atom stereocenters. The summed E-state index contributed by atoms with van der Waals surface area (Å²) in [5.41, 5.74) is 7.75. The van der Waals surface area contributed by atoms with Crippen LogP contribution in [0.3, 0.4) is 0 Å². The SMILES string of the molecule is CC(C)P1c2cc3ccccc3cc2N(C)c2cc3ccccc3cc2[P+](C)(C(C)C)c2cc3cccnc3cc2N(C)c2cc3ncccc3cc21. The summed E-state index contributed by atoms with van der Waals surface area (Å²) >= 11 is 0. The highest BCUT2D eigenvalue weighted by atomic mass is 31.2. The van der Waals surface area contributed by atoms with Gasteiger partial charge >= 0.3 is 0 Å². The van der Waals surface area contributed by atoms with Crippen LogP contribution in [0.5, 0.6) is 0 Å². The van der Waals surface area contributed by atoms with Gasteiger partial charge in [0.25, 0.3) is 0 Å². The van der Waals surface area contributed by atoms with E-state index in [4.69, 9.17) is 9.97 Å². The first-order chi connectivity index (χ1) is 25.6. The molecule has 0 saturated carbocycles. The molecule has 0 radical (unpaired) electrons. The molecule has 2 aromatic heterocycles. The van der Waals surface area contributed by atoms with Gasteiger partial charge in [-0.25, -0.2) is 0 Å². The van der Waals surface area contributed by atoms with Crippen molar-refractivity contribution in [2.45, 2.75) is 39.0 Å². The van der Waals surface area contributed by atoms with E-state index >= 15 is 0 Å². The predicted octanol–water partition coefficient (Wildman–Crippen LogP) is 10.8. The minimum Gasteiger partial charge on any atom is -0.341 e. The summed E-state index contributed by atoms with van der Waals surface area (Å²) in [6.45, 7) is 12.2. The van der Waals surface area contributed by atoms with Crippen LogP contribution in [-0.4, -0.2) is 42.0 Å². The third kappa shape index (κ3) is 5.41. The number of hydrogen-bond acceptors (Lipinski definition) is 4. The van der Waals surface area contributed by atoms with Crippen LogP contribution in [0.4, 0.5) is 22.7 Å². The van der Waals surface area contributed by atoms with Crippen molar-refractivity contribution in [1.82, 2.24) is 9.97 Å². The molecular formula is C47H45N4P2+.